The van der Waals surface area contributed by atoms with Gasteiger partial charge in [-0.3, -0.25) is 0 Å². The van der Waals surface area contributed by atoms with Gasteiger partial charge in [-0.25, -0.2) is 0 Å². The number of aromatic hydroxyl groups is 1. The lowest BCUT2D eigenvalue weighted by molar-refractivity contribution is 0.456. The smallest absolute Gasteiger partial charge is 0.115 e. The van der Waals surface area contributed by atoms with Crippen LogP contribution in [0.1, 0.15) is 37.4 Å². The molecule has 0 aliphatic heterocycles. The van der Waals surface area contributed by atoms with Crippen LogP contribution in [0.25, 0.3) is 0 Å². The Morgan fingerprint density at radius 1 is 0.950 bits per heavy atom. The van der Waals surface area contributed by atoms with E-state index in [-0.39, 0.29) is 0 Å². The minimum Gasteiger partial charge on any atom is -0.508 e. The van der Waals surface area contributed by atoms with Crippen molar-refractivity contribution in [2.24, 2.45) is 0 Å². The van der Waals surface area contributed by atoms with Crippen molar-refractivity contribution in [3.8, 4) is 5.75 Å². The summed E-state index contributed by atoms with van der Waals surface area (Å²) in [6.07, 6.45) is 2.11. The highest BCUT2D eigenvalue weighted by Gasteiger charge is 2.09. The van der Waals surface area contributed by atoms with Gasteiger partial charge < -0.3 is 10.4 Å². The molecule has 20 heavy (non-hydrogen) atoms. The van der Waals surface area contributed by atoms with Crippen LogP contribution in [0.15, 0.2) is 54.6 Å². The van der Waals surface area contributed by atoms with Crippen molar-refractivity contribution < 1.29 is 5.11 Å². The lowest BCUT2D eigenvalue weighted by Gasteiger charge is -2.20. The van der Waals surface area contributed by atoms with Gasteiger partial charge in [-0.05, 0) is 49.9 Å². The SMILES string of the molecule is CC(CCc1ccc(O)cc1)N[C@H](C)c1ccccc1. The average Bonchev–Trinajstić information content (AvgIpc) is 2.47. The second kappa shape index (κ2) is 7.11. The van der Waals surface area contributed by atoms with Gasteiger partial charge in [0.25, 0.3) is 0 Å². The Kier molecular flexibility index (Phi) is 5.19. The summed E-state index contributed by atoms with van der Waals surface area (Å²) in [6.45, 7) is 4.42. The van der Waals surface area contributed by atoms with Gasteiger partial charge in [0.05, 0.1) is 0 Å². The van der Waals surface area contributed by atoms with E-state index < -0.39 is 0 Å². The van der Waals surface area contributed by atoms with Crippen LogP contribution in [0.3, 0.4) is 0 Å². The normalized spacial score (nSPS) is 13.9. The van der Waals surface area contributed by atoms with Gasteiger partial charge in [0.2, 0.25) is 0 Å². The average molecular weight is 269 g/mol. The van der Waals surface area contributed by atoms with Crippen molar-refractivity contribution in [3.63, 3.8) is 0 Å². The molecule has 2 atom stereocenters. The lowest BCUT2D eigenvalue weighted by atomic mass is 10.0. The quantitative estimate of drug-likeness (QED) is 0.828. The van der Waals surface area contributed by atoms with Crippen molar-refractivity contribution in [1.82, 2.24) is 5.32 Å². The Morgan fingerprint density at radius 2 is 1.60 bits per heavy atom. The van der Waals surface area contributed by atoms with Crippen LogP contribution in [0.5, 0.6) is 5.75 Å². The molecule has 1 unspecified atom stereocenters. The first-order valence-electron chi connectivity index (χ1n) is 7.24. The fraction of sp³-hybridized carbons (Fsp3) is 0.333. The lowest BCUT2D eigenvalue weighted by Crippen LogP contribution is -2.29. The van der Waals surface area contributed by atoms with E-state index in [4.69, 9.17) is 0 Å². The van der Waals surface area contributed by atoms with E-state index >= 15 is 0 Å². The first-order valence-corrected chi connectivity index (χ1v) is 7.24. The van der Waals surface area contributed by atoms with Crippen LogP contribution >= 0.6 is 0 Å². The highest BCUT2D eigenvalue weighted by Crippen LogP contribution is 2.15. The van der Waals surface area contributed by atoms with E-state index in [1.807, 2.05) is 18.2 Å². The number of nitrogens with one attached hydrogen (secondary N) is 1. The number of aryl methyl sites for hydroxylation is 1. The third kappa shape index (κ3) is 4.39. The Hall–Kier alpha value is -1.80. The highest BCUT2D eigenvalue weighted by atomic mass is 16.3. The number of rotatable bonds is 6. The minimum absolute atomic E-state index is 0.331. The number of phenolic OH excluding ortho intramolecular Hbond substituents is 1. The van der Waals surface area contributed by atoms with E-state index in [1.165, 1.54) is 11.1 Å². The second-order valence-electron chi connectivity index (χ2n) is 5.41. The van der Waals surface area contributed by atoms with Crippen LogP contribution in [0, 0.1) is 0 Å². The van der Waals surface area contributed by atoms with Crippen LogP contribution in [0.2, 0.25) is 0 Å². The predicted molar refractivity (Wildman–Crippen MR) is 83.9 cm³/mol. The molecule has 0 amide bonds. The maximum atomic E-state index is 9.27. The van der Waals surface area contributed by atoms with E-state index in [0.717, 1.165) is 12.8 Å². The molecule has 0 radical (unpaired) electrons. The number of hydrogen-bond acceptors (Lipinski definition) is 2. The van der Waals surface area contributed by atoms with Crippen molar-refractivity contribution in [1.29, 1.82) is 0 Å². The standard InChI is InChI=1S/C18H23NO/c1-14(8-9-16-10-12-18(20)13-11-16)19-15(2)17-6-4-3-5-7-17/h3-7,10-15,19-20H,8-9H2,1-2H3/t14?,15-/m1/s1. The predicted octanol–water partition coefficient (Wildman–Crippen LogP) is 4.06. The summed E-state index contributed by atoms with van der Waals surface area (Å²) >= 11 is 0. The molecule has 0 aliphatic carbocycles. The summed E-state index contributed by atoms with van der Waals surface area (Å²) < 4.78 is 0. The summed E-state index contributed by atoms with van der Waals surface area (Å²) in [5.41, 5.74) is 2.59. The molecular weight excluding hydrogens is 246 g/mol. The molecule has 0 spiro atoms. The fourth-order valence-electron chi connectivity index (χ4n) is 2.39. The molecular formula is C18H23NO. The third-order valence-electron chi connectivity index (χ3n) is 3.64. The van der Waals surface area contributed by atoms with Gasteiger partial charge >= 0.3 is 0 Å². The highest BCUT2D eigenvalue weighted by molar-refractivity contribution is 5.26. The number of hydrogen-bond donors (Lipinski definition) is 2. The molecule has 2 heteroatoms. The molecule has 0 fully saturated rings. The molecule has 106 valence electrons. The summed E-state index contributed by atoms with van der Waals surface area (Å²) in [4.78, 5) is 0. The zero-order valence-electron chi connectivity index (χ0n) is 12.2. The van der Waals surface area contributed by atoms with E-state index in [1.54, 1.807) is 12.1 Å². The summed E-state index contributed by atoms with van der Waals surface area (Å²) in [6, 6.07) is 18.8. The first-order chi connectivity index (χ1) is 9.65. The van der Waals surface area contributed by atoms with Gasteiger partial charge in [0, 0.05) is 12.1 Å². The molecule has 2 nitrogen and oxygen atoms in total. The summed E-state index contributed by atoms with van der Waals surface area (Å²) in [5, 5.41) is 12.9. The van der Waals surface area contributed by atoms with Crippen molar-refractivity contribution in [3.05, 3.63) is 65.7 Å². The first kappa shape index (κ1) is 14.6. The minimum atomic E-state index is 0.331. The third-order valence-corrected chi connectivity index (χ3v) is 3.64. The maximum Gasteiger partial charge on any atom is 0.115 e. The largest absolute Gasteiger partial charge is 0.508 e. The van der Waals surface area contributed by atoms with Gasteiger partial charge in [-0.2, -0.15) is 0 Å². The Bertz CT molecular complexity index is 507. The van der Waals surface area contributed by atoms with Crippen LogP contribution < -0.4 is 5.32 Å². The molecule has 0 saturated heterocycles. The van der Waals surface area contributed by atoms with Crippen LogP contribution in [0.4, 0.5) is 0 Å². The zero-order valence-corrected chi connectivity index (χ0v) is 12.2. The van der Waals surface area contributed by atoms with E-state index in [2.05, 4.69) is 43.4 Å². The second-order valence-corrected chi connectivity index (χ2v) is 5.41. The molecule has 0 aromatic heterocycles. The molecule has 2 N–H and O–H groups in total. The summed E-state index contributed by atoms with van der Waals surface area (Å²) in [7, 11) is 0. The Balaban J connectivity index is 1.80. The van der Waals surface area contributed by atoms with Gasteiger partial charge in [-0.1, -0.05) is 42.5 Å². The maximum absolute atomic E-state index is 9.27. The molecule has 2 rings (SSSR count). The zero-order chi connectivity index (χ0) is 14.4. The molecule has 0 heterocycles. The Labute approximate surface area is 121 Å². The van der Waals surface area contributed by atoms with Crippen molar-refractivity contribution >= 4 is 0 Å². The summed E-state index contributed by atoms with van der Waals surface area (Å²) in [5.74, 6) is 0.331. The van der Waals surface area contributed by atoms with E-state index in [0.29, 0.717) is 17.8 Å². The number of phenols is 1. The monoisotopic (exact) mass is 269 g/mol. The molecule has 0 bridgehead atoms. The topological polar surface area (TPSA) is 32.3 Å². The van der Waals surface area contributed by atoms with Crippen LogP contribution in [-0.4, -0.2) is 11.1 Å². The number of benzene rings is 2. The van der Waals surface area contributed by atoms with Crippen molar-refractivity contribution in [2.75, 3.05) is 0 Å². The fourth-order valence-corrected chi connectivity index (χ4v) is 2.39. The van der Waals surface area contributed by atoms with E-state index in [9.17, 15) is 5.11 Å². The Morgan fingerprint density at radius 3 is 2.25 bits per heavy atom. The van der Waals surface area contributed by atoms with Crippen LogP contribution in [-0.2, 0) is 6.42 Å². The molecule has 0 saturated carbocycles. The van der Waals surface area contributed by atoms with Gasteiger partial charge in [0.1, 0.15) is 5.75 Å². The van der Waals surface area contributed by atoms with Crippen molar-refractivity contribution in [2.45, 2.75) is 38.8 Å². The molecule has 2 aromatic rings. The van der Waals surface area contributed by atoms with Gasteiger partial charge in [0.15, 0.2) is 0 Å². The molecule has 2 aromatic carbocycles. The van der Waals surface area contributed by atoms with Gasteiger partial charge in [-0.15, -0.1) is 0 Å². The molecule has 0 aliphatic rings.